The maximum atomic E-state index is 11.5. The fourth-order valence-corrected chi connectivity index (χ4v) is 5.46. The van der Waals surface area contributed by atoms with E-state index >= 15 is 0 Å². The maximum absolute atomic E-state index is 11.5. The van der Waals surface area contributed by atoms with Crippen LogP contribution < -0.4 is 9.61 Å². The van der Waals surface area contributed by atoms with Crippen molar-refractivity contribution in [1.29, 1.82) is 0 Å². The van der Waals surface area contributed by atoms with E-state index in [1.807, 2.05) is 6.07 Å². The number of hydrogen-bond acceptors (Lipinski definition) is 4. The molecule has 0 aliphatic heterocycles. The third-order valence-electron chi connectivity index (χ3n) is 5.87. The van der Waals surface area contributed by atoms with Crippen LogP contribution in [0.5, 0.6) is 17.4 Å². The summed E-state index contributed by atoms with van der Waals surface area (Å²) in [7, 11) is 0. The van der Waals surface area contributed by atoms with E-state index in [0.29, 0.717) is 0 Å². The zero-order valence-corrected chi connectivity index (χ0v) is 16.0. The highest BCUT2D eigenvalue weighted by Gasteiger charge is 2.28. The fourth-order valence-electron chi connectivity index (χ4n) is 4.57. The molecule has 0 amide bonds. The standard InChI is InChI=1S/C22H21NO3S/c1-12-5-10-19(17-4-2-3-15(12)17)26-14-7-9-16-13(11-14)6-8-18(16)20-21(24)23-22(25)27-20/h5,7,9-11,18,24H,2-4,6,8H2,1H3,(H,23,25)/t18-/m1/s1. The first-order valence-electron chi connectivity index (χ1n) is 9.44. The van der Waals surface area contributed by atoms with Crippen LogP contribution in [0.4, 0.5) is 0 Å². The number of aromatic amines is 1. The summed E-state index contributed by atoms with van der Waals surface area (Å²) in [6, 6.07) is 10.4. The molecule has 2 aliphatic rings. The van der Waals surface area contributed by atoms with Crippen LogP contribution in [0.1, 0.15) is 51.5 Å². The van der Waals surface area contributed by atoms with E-state index < -0.39 is 0 Å². The largest absolute Gasteiger partial charge is 0.494 e. The van der Waals surface area contributed by atoms with Gasteiger partial charge in [0.25, 0.3) is 0 Å². The van der Waals surface area contributed by atoms with Gasteiger partial charge in [0.05, 0.1) is 4.88 Å². The predicted molar refractivity (Wildman–Crippen MR) is 106 cm³/mol. The van der Waals surface area contributed by atoms with Crippen molar-refractivity contribution in [2.75, 3.05) is 0 Å². The lowest BCUT2D eigenvalue weighted by atomic mass is 10.00. The molecule has 5 rings (SSSR count). The van der Waals surface area contributed by atoms with Crippen LogP contribution in [0.3, 0.4) is 0 Å². The van der Waals surface area contributed by atoms with Gasteiger partial charge in [-0.25, -0.2) is 0 Å². The highest BCUT2D eigenvalue weighted by Crippen LogP contribution is 2.44. The highest BCUT2D eigenvalue weighted by molar-refractivity contribution is 7.09. The van der Waals surface area contributed by atoms with Crippen molar-refractivity contribution < 1.29 is 9.84 Å². The van der Waals surface area contributed by atoms with Crippen LogP contribution >= 0.6 is 11.3 Å². The molecular formula is C22H21NO3S. The van der Waals surface area contributed by atoms with Gasteiger partial charge in [-0.05, 0) is 85.0 Å². The van der Waals surface area contributed by atoms with Crippen molar-refractivity contribution in [3.8, 4) is 17.4 Å². The Kier molecular flexibility index (Phi) is 3.86. The van der Waals surface area contributed by atoms with Crippen molar-refractivity contribution in [1.82, 2.24) is 4.98 Å². The Morgan fingerprint density at radius 2 is 2.00 bits per heavy atom. The van der Waals surface area contributed by atoms with Crippen LogP contribution in [0.25, 0.3) is 0 Å². The summed E-state index contributed by atoms with van der Waals surface area (Å²) in [6.45, 7) is 2.17. The van der Waals surface area contributed by atoms with Crippen molar-refractivity contribution >= 4 is 11.3 Å². The molecular weight excluding hydrogens is 358 g/mol. The van der Waals surface area contributed by atoms with E-state index in [9.17, 15) is 9.90 Å². The van der Waals surface area contributed by atoms with Gasteiger partial charge in [0, 0.05) is 5.92 Å². The molecule has 0 saturated carbocycles. The number of thiazole rings is 1. The number of ether oxygens (including phenoxy) is 1. The van der Waals surface area contributed by atoms with E-state index in [4.69, 9.17) is 4.74 Å². The van der Waals surface area contributed by atoms with E-state index in [-0.39, 0.29) is 16.7 Å². The SMILES string of the molecule is Cc1ccc(Oc2ccc3c(c2)CC[C@H]3c2sc(=O)[nH]c2O)c2c1CCC2. The third-order valence-corrected chi connectivity index (χ3v) is 6.85. The Hall–Kier alpha value is -2.53. The minimum atomic E-state index is -0.205. The minimum absolute atomic E-state index is 0.0124. The van der Waals surface area contributed by atoms with Crippen molar-refractivity contribution in [2.24, 2.45) is 0 Å². The predicted octanol–water partition coefficient (Wildman–Crippen LogP) is 4.81. The Labute approximate surface area is 161 Å². The average Bonchev–Trinajstić information content (AvgIpc) is 3.35. The summed E-state index contributed by atoms with van der Waals surface area (Å²) in [5, 5.41) is 10.0. The molecule has 27 heavy (non-hydrogen) atoms. The summed E-state index contributed by atoms with van der Waals surface area (Å²) in [6.07, 6.45) is 5.26. The van der Waals surface area contributed by atoms with Crippen molar-refractivity contribution in [3.05, 3.63) is 72.7 Å². The Morgan fingerprint density at radius 1 is 1.15 bits per heavy atom. The molecule has 1 aromatic heterocycles. The molecule has 0 fully saturated rings. The van der Waals surface area contributed by atoms with E-state index in [1.165, 1.54) is 34.2 Å². The van der Waals surface area contributed by atoms with E-state index in [1.54, 1.807) is 0 Å². The molecule has 0 radical (unpaired) electrons. The van der Waals surface area contributed by atoms with Gasteiger partial charge in [-0.2, -0.15) is 0 Å². The molecule has 4 nitrogen and oxygen atoms in total. The molecule has 2 aromatic carbocycles. The molecule has 1 atom stereocenters. The summed E-state index contributed by atoms with van der Waals surface area (Å²) >= 11 is 1.10. The molecule has 0 spiro atoms. The summed E-state index contributed by atoms with van der Waals surface area (Å²) < 4.78 is 6.27. The maximum Gasteiger partial charge on any atom is 0.307 e. The second-order valence-corrected chi connectivity index (χ2v) is 8.49. The van der Waals surface area contributed by atoms with E-state index in [0.717, 1.165) is 53.4 Å². The smallest absolute Gasteiger partial charge is 0.307 e. The first-order chi connectivity index (χ1) is 13.1. The molecule has 2 N–H and O–H groups in total. The number of H-pyrrole nitrogens is 1. The van der Waals surface area contributed by atoms with Crippen LogP contribution in [0, 0.1) is 6.92 Å². The van der Waals surface area contributed by atoms with Gasteiger partial charge >= 0.3 is 4.87 Å². The van der Waals surface area contributed by atoms with E-state index in [2.05, 4.69) is 36.2 Å². The molecule has 2 aliphatic carbocycles. The number of rotatable bonds is 3. The number of aromatic hydroxyl groups is 1. The summed E-state index contributed by atoms with van der Waals surface area (Å²) in [4.78, 5) is 14.6. The second kappa shape index (κ2) is 6.27. The van der Waals surface area contributed by atoms with Gasteiger partial charge in [0.1, 0.15) is 11.5 Å². The molecule has 0 bridgehead atoms. The van der Waals surface area contributed by atoms with Gasteiger partial charge in [0.15, 0.2) is 0 Å². The third kappa shape index (κ3) is 2.77. The lowest BCUT2D eigenvalue weighted by Crippen LogP contribution is -1.96. The first kappa shape index (κ1) is 16.6. The first-order valence-corrected chi connectivity index (χ1v) is 10.3. The lowest BCUT2D eigenvalue weighted by molar-refractivity contribution is 0.447. The van der Waals surface area contributed by atoms with Crippen LogP contribution in [-0.4, -0.2) is 10.1 Å². The zero-order chi connectivity index (χ0) is 18.5. The van der Waals surface area contributed by atoms with Crippen LogP contribution in [-0.2, 0) is 19.3 Å². The number of hydrogen-bond donors (Lipinski definition) is 2. The van der Waals surface area contributed by atoms with Gasteiger partial charge in [-0.3, -0.25) is 9.78 Å². The quantitative estimate of drug-likeness (QED) is 0.686. The number of nitrogens with one attached hydrogen (secondary N) is 1. The van der Waals surface area contributed by atoms with Gasteiger partial charge in [-0.15, -0.1) is 0 Å². The van der Waals surface area contributed by atoms with Gasteiger partial charge in [0.2, 0.25) is 5.88 Å². The highest BCUT2D eigenvalue weighted by atomic mass is 32.1. The Bertz CT molecular complexity index is 1100. The van der Waals surface area contributed by atoms with Crippen molar-refractivity contribution in [2.45, 2.75) is 44.9 Å². The van der Waals surface area contributed by atoms with Gasteiger partial charge in [-0.1, -0.05) is 23.5 Å². The second-order valence-electron chi connectivity index (χ2n) is 7.47. The number of fused-ring (bicyclic) bond motifs is 2. The van der Waals surface area contributed by atoms with Crippen LogP contribution in [0.15, 0.2) is 35.1 Å². The molecule has 138 valence electrons. The number of aryl methyl sites for hydroxylation is 2. The fraction of sp³-hybridized carbons (Fsp3) is 0.318. The monoisotopic (exact) mass is 379 g/mol. The molecule has 5 heteroatoms. The topological polar surface area (TPSA) is 62.3 Å². The summed E-state index contributed by atoms with van der Waals surface area (Å²) in [5.74, 6) is 1.93. The molecule has 0 unspecified atom stereocenters. The normalized spacial score (nSPS) is 17.7. The number of aromatic nitrogens is 1. The molecule has 3 aromatic rings. The Morgan fingerprint density at radius 3 is 2.81 bits per heavy atom. The van der Waals surface area contributed by atoms with Crippen molar-refractivity contribution in [3.63, 3.8) is 0 Å². The van der Waals surface area contributed by atoms with Crippen LogP contribution in [0.2, 0.25) is 0 Å². The number of benzene rings is 2. The Balaban J connectivity index is 1.46. The summed E-state index contributed by atoms with van der Waals surface area (Å²) in [5.41, 5.74) is 6.59. The molecule has 0 saturated heterocycles. The minimum Gasteiger partial charge on any atom is -0.494 e. The average molecular weight is 379 g/mol. The van der Waals surface area contributed by atoms with Gasteiger partial charge < -0.3 is 9.84 Å². The zero-order valence-electron chi connectivity index (χ0n) is 15.2. The molecule has 1 heterocycles. The lowest BCUT2D eigenvalue weighted by Gasteiger charge is -2.14.